The molecular formula is C19H13ClN2O3S. The standard InChI is InChI=1S/C19H13ClN2O3S/c20-16-10-8-15(9-11-16)18(23)24-12-4-5-13-26-19-22-21-17(25-19)14-6-2-1-3-7-14/h1-3,6-11H,12-13H2. The van der Waals surface area contributed by atoms with Crippen LogP contribution in [0.1, 0.15) is 10.4 Å². The third-order valence-electron chi connectivity index (χ3n) is 3.18. The minimum Gasteiger partial charge on any atom is -0.449 e. The van der Waals surface area contributed by atoms with Crippen LogP contribution in [0.15, 0.2) is 64.2 Å². The van der Waals surface area contributed by atoms with Crippen LogP contribution in [0.25, 0.3) is 11.5 Å². The number of benzene rings is 2. The maximum Gasteiger partial charge on any atom is 0.339 e. The first-order valence-electron chi connectivity index (χ1n) is 7.62. The number of halogens is 1. The highest BCUT2D eigenvalue weighted by Crippen LogP contribution is 2.22. The zero-order valence-electron chi connectivity index (χ0n) is 13.5. The molecule has 1 heterocycles. The van der Waals surface area contributed by atoms with Crippen molar-refractivity contribution in [3.8, 4) is 23.3 Å². The van der Waals surface area contributed by atoms with Gasteiger partial charge in [0.15, 0.2) is 6.61 Å². The van der Waals surface area contributed by atoms with Crippen LogP contribution in [-0.4, -0.2) is 28.5 Å². The highest BCUT2D eigenvalue weighted by atomic mass is 35.5. The highest BCUT2D eigenvalue weighted by Gasteiger charge is 2.08. The number of ether oxygens (including phenoxy) is 1. The van der Waals surface area contributed by atoms with Crippen molar-refractivity contribution in [1.29, 1.82) is 0 Å². The Balaban J connectivity index is 1.42. The summed E-state index contributed by atoms with van der Waals surface area (Å²) in [4.78, 5) is 11.8. The minimum atomic E-state index is -0.437. The molecular weight excluding hydrogens is 372 g/mol. The predicted octanol–water partition coefficient (Wildman–Crippen LogP) is 4.34. The number of nitrogens with zero attached hydrogens (tertiary/aromatic N) is 2. The van der Waals surface area contributed by atoms with Crippen LogP contribution in [0.4, 0.5) is 0 Å². The first kappa shape index (κ1) is 18.1. The van der Waals surface area contributed by atoms with Crippen LogP contribution in [-0.2, 0) is 4.74 Å². The third-order valence-corrected chi connectivity index (χ3v) is 4.13. The van der Waals surface area contributed by atoms with Gasteiger partial charge < -0.3 is 9.15 Å². The molecule has 0 saturated heterocycles. The second-order valence-electron chi connectivity index (χ2n) is 4.96. The summed E-state index contributed by atoms with van der Waals surface area (Å²) in [7, 11) is 0. The average molecular weight is 385 g/mol. The molecule has 0 bridgehead atoms. The van der Waals surface area contributed by atoms with Gasteiger partial charge in [-0.05, 0) is 36.4 Å². The van der Waals surface area contributed by atoms with E-state index >= 15 is 0 Å². The number of hydrogen-bond donors (Lipinski definition) is 0. The fraction of sp³-hybridized carbons (Fsp3) is 0.105. The number of hydrogen-bond acceptors (Lipinski definition) is 6. The van der Waals surface area contributed by atoms with Crippen LogP contribution in [0, 0.1) is 11.8 Å². The van der Waals surface area contributed by atoms with Crippen molar-refractivity contribution >= 4 is 29.3 Å². The summed E-state index contributed by atoms with van der Waals surface area (Å²) >= 11 is 7.09. The summed E-state index contributed by atoms with van der Waals surface area (Å²) in [5.74, 6) is 6.15. The van der Waals surface area contributed by atoms with Crippen LogP contribution in [0.2, 0.25) is 5.02 Å². The van der Waals surface area contributed by atoms with Gasteiger partial charge in [-0.2, -0.15) is 0 Å². The van der Waals surface area contributed by atoms with Gasteiger partial charge in [0.05, 0.1) is 11.3 Å². The summed E-state index contributed by atoms with van der Waals surface area (Å²) in [6.07, 6.45) is 0. The molecule has 130 valence electrons. The van der Waals surface area contributed by atoms with E-state index in [9.17, 15) is 4.79 Å². The molecule has 1 aromatic heterocycles. The first-order chi connectivity index (χ1) is 12.7. The van der Waals surface area contributed by atoms with Gasteiger partial charge in [0.2, 0.25) is 5.89 Å². The van der Waals surface area contributed by atoms with Gasteiger partial charge in [0, 0.05) is 10.6 Å². The number of carbonyl (C=O) groups excluding carboxylic acids is 1. The number of carbonyl (C=O) groups is 1. The van der Waals surface area contributed by atoms with E-state index in [-0.39, 0.29) is 6.61 Å². The molecule has 0 radical (unpaired) electrons. The number of esters is 1. The van der Waals surface area contributed by atoms with Crippen molar-refractivity contribution in [3.05, 3.63) is 65.2 Å². The molecule has 7 heteroatoms. The summed E-state index contributed by atoms with van der Waals surface area (Å²) < 4.78 is 10.6. The molecule has 0 spiro atoms. The Bertz CT molecular complexity index is 931. The smallest absolute Gasteiger partial charge is 0.339 e. The van der Waals surface area contributed by atoms with Gasteiger partial charge in [0.25, 0.3) is 5.22 Å². The minimum absolute atomic E-state index is 0.0150. The Morgan fingerprint density at radius 1 is 1.08 bits per heavy atom. The van der Waals surface area contributed by atoms with Gasteiger partial charge in [0.1, 0.15) is 0 Å². The van der Waals surface area contributed by atoms with Crippen LogP contribution >= 0.6 is 23.4 Å². The largest absolute Gasteiger partial charge is 0.449 e. The Morgan fingerprint density at radius 2 is 1.85 bits per heavy atom. The van der Waals surface area contributed by atoms with E-state index in [0.717, 1.165) is 5.56 Å². The van der Waals surface area contributed by atoms with Gasteiger partial charge >= 0.3 is 5.97 Å². The molecule has 0 aliphatic heterocycles. The molecule has 2 aromatic carbocycles. The number of rotatable bonds is 5. The van der Waals surface area contributed by atoms with Gasteiger partial charge in [-0.25, -0.2) is 4.79 Å². The number of aromatic nitrogens is 2. The molecule has 0 unspecified atom stereocenters. The highest BCUT2D eigenvalue weighted by molar-refractivity contribution is 7.99. The van der Waals surface area contributed by atoms with Gasteiger partial charge in [-0.1, -0.05) is 53.4 Å². The van der Waals surface area contributed by atoms with Crippen molar-refractivity contribution < 1.29 is 13.9 Å². The Labute approximate surface area is 159 Å². The SMILES string of the molecule is O=C(OCC#CCSc1nnc(-c2ccccc2)o1)c1ccc(Cl)cc1. The van der Waals surface area contributed by atoms with Crippen molar-refractivity contribution in [2.45, 2.75) is 5.22 Å². The molecule has 0 saturated carbocycles. The van der Waals surface area contributed by atoms with Crippen LogP contribution in [0.5, 0.6) is 0 Å². The Hall–Kier alpha value is -2.75. The van der Waals surface area contributed by atoms with Crippen molar-refractivity contribution in [3.63, 3.8) is 0 Å². The normalized spacial score (nSPS) is 10.0. The topological polar surface area (TPSA) is 65.2 Å². The predicted molar refractivity (Wildman–Crippen MR) is 100.0 cm³/mol. The lowest BCUT2D eigenvalue weighted by molar-refractivity contribution is 0.0556. The van der Waals surface area contributed by atoms with Crippen molar-refractivity contribution in [2.24, 2.45) is 0 Å². The van der Waals surface area contributed by atoms with Crippen LogP contribution < -0.4 is 0 Å². The molecule has 26 heavy (non-hydrogen) atoms. The van der Waals surface area contributed by atoms with Crippen LogP contribution in [0.3, 0.4) is 0 Å². The monoisotopic (exact) mass is 384 g/mol. The molecule has 0 aliphatic rings. The lowest BCUT2D eigenvalue weighted by Crippen LogP contribution is -2.04. The second kappa shape index (κ2) is 9.09. The van der Waals surface area contributed by atoms with E-state index in [1.165, 1.54) is 11.8 Å². The zero-order chi connectivity index (χ0) is 18.2. The number of thioether (sulfide) groups is 1. The average Bonchev–Trinajstić information content (AvgIpc) is 3.14. The third kappa shape index (κ3) is 5.12. The van der Waals surface area contributed by atoms with E-state index in [2.05, 4.69) is 22.0 Å². The molecule has 0 N–H and O–H groups in total. The molecule has 0 amide bonds. The van der Waals surface area contributed by atoms with Gasteiger partial charge in [-0.15, -0.1) is 10.2 Å². The van der Waals surface area contributed by atoms with Crippen molar-refractivity contribution in [2.75, 3.05) is 12.4 Å². The summed E-state index contributed by atoms with van der Waals surface area (Å²) in [6.45, 7) is 0.0150. The Kier molecular flexibility index (Phi) is 6.31. The Morgan fingerprint density at radius 3 is 2.62 bits per heavy atom. The molecule has 0 aliphatic carbocycles. The molecule has 0 atom stereocenters. The van der Waals surface area contributed by atoms with Gasteiger partial charge in [-0.3, -0.25) is 0 Å². The van der Waals surface area contributed by atoms with E-state index < -0.39 is 5.97 Å². The lowest BCUT2D eigenvalue weighted by atomic mass is 10.2. The molecule has 3 aromatic rings. The first-order valence-corrected chi connectivity index (χ1v) is 8.99. The fourth-order valence-corrected chi connectivity index (χ4v) is 2.60. The van der Waals surface area contributed by atoms with E-state index in [1.54, 1.807) is 24.3 Å². The molecule has 0 fully saturated rings. The second-order valence-corrected chi connectivity index (χ2v) is 6.33. The fourth-order valence-electron chi connectivity index (χ4n) is 1.94. The quantitative estimate of drug-likeness (QED) is 0.370. The summed E-state index contributed by atoms with van der Waals surface area (Å²) in [5, 5.41) is 8.97. The maximum atomic E-state index is 11.8. The summed E-state index contributed by atoms with van der Waals surface area (Å²) in [5.41, 5.74) is 1.30. The van der Waals surface area contributed by atoms with E-state index in [1.807, 2.05) is 30.3 Å². The van der Waals surface area contributed by atoms with Crippen molar-refractivity contribution in [1.82, 2.24) is 10.2 Å². The summed E-state index contributed by atoms with van der Waals surface area (Å²) in [6, 6.07) is 16.0. The molecule has 3 rings (SSSR count). The zero-order valence-corrected chi connectivity index (χ0v) is 15.1. The van der Waals surface area contributed by atoms with E-state index in [0.29, 0.717) is 27.5 Å². The van der Waals surface area contributed by atoms with E-state index in [4.69, 9.17) is 20.8 Å². The molecule has 5 nitrogen and oxygen atoms in total. The maximum absolute atomic E-state index is 11.8. The lowest BCUT2D eigenvalue weighted by Gasteiger charge is -2.00.